The molecule has 0 aromatic heterocycles. The van der Waals surface area contributed by atoms with Crippen LogP contribution in [0, 0.1) is 0 Å². The second-order valence-corrected chi connectivity index (χ2v) is 6.75. The molecule has 0 spiro atoms. The lowest BCUT2D eigenvalue weighted by Gasteiger charge is -2.13. The Labute approximate surface area is 170 Å². The van der Waals surface area contributed by atoms with Crippen molar-refractivity contribution in [3.8, 4) is 11.5 Å². The third kappa shape index (κ3) is 5.94. The molecule has 1 amide bonds. The van der Waals surface area contributed by atoms with E-state index in [9.17, 15) is 4.79 Å². The lowest BCUT2D eigenvalue weighted by molar-refractivity contribution is 0.0679. The minimum absolute atomic E-state index is 0.182. The first-order valence-corrected chi connectivity index (χ1v) is 9.74. The van der Waals surface area contributed by atoms with Crippen LogP contribution in [-0.2, 0) is 4.74 Å². The molecule has 0 aliphatic carbocycles. The third-order valence-electron chi connectivity index (χ3n) is 4.21. The standard InChI is InChI=1S/C21H24N2O4S/c1-2-25-18-6-3-5-15(13-18)20(24)23-21(28)22-16-8-10-17(11-9-16)27-14-19-7-4-12-26-19/h3,5-6,8-11,13,19H,2,4,7,12,14H2,1H3,(H2,22,23,24,28). The van der Waals surface area contributed by atoms with Crippen molar-refractivity contribution in [3.63, 3.8) is 0 Å². The van der Waals surface area contributed by atoms with Gasteiger partial charge in [0, 0.05) is 17.9 Å². The van der Waals surface area contributed by atoms with Gasteiger partial charge in [0.1, 0.15) is 18.1 Å². The normalized spacial score (nSPS) is 15.7. The van der Waals surface area contributed by atoms with Crippen LogP contribution in [0.3, 0.4) is 0 Å². The quantitative estimate of drug-likeness (QED) is 0.690. The summed E-state index contributed by atoms with van der Waals surface area (Å²) in [4.78, 5) is 12.3. The highest BCUT2D eigenvalue weighted by molar-refractivity contribution is 7.80. The van der Waals surface area contributed by atoms with Gasteiger partial charge in [-0.2, -0.15) is 0 Å². The van der Waals surface area contributed by atoms with Crippen LogP contribution in [0.5, 0.6) is 11.5 Å². The molecular formula is C21H24N2O4S. The summed E-state index contributed by atoms with van der Waals surface area (Å²) >= 11 is 5.23. The highest BCUT2D eigenvalue weighted by Gasteiger charge is 2.16. The molecule has 1 fully saturated rings. The van der Waals surface area contributed by atoms with Crippen molar-refractivity contribution in [2.24, 2.45) is 0 Å². The molecule has 1 heterocycles. The van der Waals surface area contributed by atoms with E-state index in [0.717, 1.165) is 30.9 Å². The molecule has 1 aliphatic heterocycles. The predicted octanol–water partition coefficient (Wildman–Crippen LogP) is 3.77. The van der Waals surface area contributed by atoms with Crippen LogP contribution in [0.2, 0.25) is 0 Å². The summed E-state index contributed by atoms with van der Waals surface area (Å²) in [6.45, 7) is 3.81. The van der Waals surface area contributed by atoms with E-state index in [0.29, 0.717) is 24.5 Å². The molecular weight excluding hydrogens is 376 g/mol. The largest absolute Gasteiger partial charge is 0.494 e. The van der Waals surface area contributed by atoms with Gasteiger partial charge in [-0.1, -0.05) is 6.07 Å². The summed E-state index contributed by atoms with van der Waals surface area (Å²) in [5.41, 5.74) is 1.24. The van der Waals surface area contributed by atoms with Gasteiger partial charge in [0.25, 0.3) is 5.91 Å². The van der Waals surface area contributed by atoms with Gasteiger partial charge in [0.15, 0.2) is 5.11 Å². The van der Waals surface area contributed by atoms with E-state index in [4.69, 9.17) is 26.4 Å². The van der Waals surface area contributed by atoms with Gasteiger partial charge in [0.05, 0.1) is 12.7 Å². The van der Waals surface area contributed by atoms with Gasteiger partial charge in [-0.05, 0) is 74.4 Å². The fourth-order valence-electron chi connectivity index (χ4n) is 2.83. The third-order valence-corrected chi connectivity index (χ3v) is 4.41. The zero-order chi connectivity index (χ0) is 19.8. The fraction of sp³-hybridized carbons (Fsp3) is 0.333. The van der Waals surface area contributed by atoms with E-state index < -0.39 is 0 Å². The Hall–Kier alpha value is -2.64. The smallest absolute Gasteiger partial charge is 0.257 e. The Balaban J connectivity index is 1.48. The van der Waals surface area contributed by atoms with Crippen molar-refractivity contribution in [2.75, 3.05) is 25.1 Å². The highest BCUT2D eigenvalue weighted by Crippen LogP contribution is 2.18. The van der Waals surface area contributed by atoms with Crippen LogP contribution in [0.1, 0.15) is 30.1 Å². The van der Waals surface area contributed by atoms with Crippen LogP contribution in [0.25, 0.3) is 0 Å². The first kappa shape index (κ1) is 20.1. The van der Waals surface area contributed by atoms with Crippen molar-refractivity contribution in [1.82, 2.24) is 5.32 Å². The molecule has 0 saturated carbocycles. The average molecular weight is 401 g/mol. The minimum atomic E-state index is -0.296. The molecule has 3 rings (SSSR count). The van der Waals surface area contributed by atoms with Crippen LogP contribution < -0.4 is 20.1 Å². The molecule has 148 valence electrons. The van der Waals surface area contributed by atoms with E-state index in [1.807, 2.05) is 31.2 Å². The van der Waals surface area contributed by atoms with Gasteiger partial charge in [-0.15, -0.1) is 0 Å². The Bertz CT molecular complexity index is 804. The molecule has 1 unspecified atom stereocenters. The SMILES string of the molecule is CCOc1cccc(C(=O)NC(=S)Nc2ccc(OCC3CCCO3)cc2)c1. The van der Waals surface area contributed by atoms with E-state index in [1.54, 1.807) is 24.3 Å². The van der Waals surface area contributed by atoms with E-state index in [-0.39, 0.29) is 17.1 Å². The summed E-state index contributed by atoms with van der Waals surface area (Å²) < 4.78 is 16.7. The maximum absolute atomic E-state index is 12.3. The monoisotopic (exact) mass is 400 g/mol. The topological polar surface area (TPSA) is 68.8 Å². The van der Waals surface area contributed by atoms with Gasteiger partial charge < -0.3 is 19.5 Å². The van der Waals surface area contributed by atoms with Crippen molar-refractivity contribution >= 4 is 28.9 Å². The lowest BCUT2D eigenvalue weighted by Crippen LogP contribution is -2.34. The molecule has 2 aromatic rings. The number of thiocarbonyl (C=S) groups is 1. The molecule has 0 bridgehead atoms. The Morgan fingerprint density at radius 3 is 2.71 bits per heavy atom. The van der Waals surface area contributed by atoms with Crippen LogP contribution in [-0.4, -0.2) is 36.9 Å². The number of nitrogens with one attached hydrogen (secondary N) is 2. The number of hydrogen-bond donors (Lipinski definition) is 2. The molecule has 1 aliphatic rings. The molecule has 6 nitrogen and oxygen atoms in total. The number of amides is 1. The molecule has 0 radical (unpaired) electrons. The number of benzene rings is 2. The number of carbonyl (C=O) groups is 1. The molecule has 2 aromatic carbocycles. The van der Waals surface area contributed by atoms with Crippen LogP contribution in [0.15, 0.2) is 48.5 Å². The summed E-state index contributed by atoms with van der Waals surface area (Å²) in [7, 11) is 0. The minimum Gasteiger partial charge on any atom is -0.494 e. The van der Waals surface area contributed by atoms with Gasteiger partial charge >= 0.3 is 0 Å². The highest BCUT2D eigenvalue weighted by atomic mass is 32.1. The average Bonchev–Trinajstić information content (AvgIpc) is 3.21. The Kier molecular flexibility index (Phi) is 7.22. The first-order valence-electron chi connectivity index (χ1n) is 9.33. The molecule has 7 heteroatoms. The molecule has 2 N–H and O–H groups in total. The summed E-state index contributed by atoms with van der Waals surface area (Å²) in [5.74, 6) is 1.12. The molecule has 28 heavy (non-hydrogen) atoms. The number of ether oxygens (including phenoxy) is 3. The summed E-state index contributed by atoms with van der Waals surface area (Å²) in [6.07, 6.45) is 2.32. The first-order chi connectivity index (χ1) is 13.6. The van der Waals surface area contributed by atoms with Gasteiger partial charge in [-0.3, -0.25) is 10.1 Å². The molecule has 1 saturated heterocycles. The molecule has 1 atom stereocenters. The maximum Gasteiger partial charge on any atom is 0.257 e. The fourth-order valence-corrected chi connectivity index (χ4v) is 3.04. The zero-order valence-electron chi connectivity index (χ0n) is 15.8. The predicted molar refractivity (Wildman–Crippen MR) is 112 cm³/mol. The Morgan fingerprint density at radius 2 is 2.00 bits per heavy atom. The van der Waals surface area contributed by atoms with Crippen molar-refractivity contribution < 1.29 is 19.0 Å². The van der Waals surface area contributed by atoms with E-state index >= 15 is 0 Å². The van der Waals surface area contributed by atoms with E-state index in [1.165, 1.54) is 0 Å². The lowest BCUT2D eigenvalue weighted by atomic mass is 10.2. The zero-order valence-corrected chi connectivity index (χ0v) is 16.6. The number of carbonyl (C=O) groups excluding carboxylic acids is 1. The van der Waals surface area contributed by atoms with Crippen molar-refractivity contribution in [2.45, 2.75) is 25.9 Å². The Morgan fingerprint density at radius 1 is 1.18 bits per heavy atom. The number of hydrogen-bond acceptors (Lipinski definition) is 5. The summed E-state index contributed by atoms with van der Waals surface area (Å²) in [5, 5.41) is 5.89. The van der Waals surface area contributed by atoms with Crippen LogP contribution >= 0.6 is 12.2 Å². The maximum atomic E-state index is 12.3. The van der Waals surface area contributed by atoms with Crippen molar-refractivity contribution in [1.29, 1.82) is 0 Å². The summed E-state index contributed by atoms with van der Waals surface area (Å²) in [6, 6.07) is 14.4. The number of rotatable bonds is 7. The second kappa shape index (κ2) is 10.1. The number of anilines is 1. The van der Waals surface area contributed by atoms with Crippen molar-refractivity contribution in [3.05, 3.63) is 54.1 Å². The van der Waals surface area contributed by atoms with Crippen LogP contribution in [0.4, 0.5) is 5.69 Å². The van der Waals surface area contributed by atoms with Gasteiger partial charge in [-0.25, -0.2) is 0 Å². The van der Waals surface area contributed by atoms with Gasteiger partial charge in [0.2, 0.25) is 0 Å². The second-order valence-electron chi connectivity index (χ2n) is 6.34. The van der Waals surface area contributed by atoms with E-state index in [2.05, 4.69) is 10.6 Å².